The molecule has 25 heavy (non-hydrogen) atoms. The van der Waals surface area contributed by atoms with Gasteiger partial charge in [-0.3, -0.25) is 4.79 Å². The molecule has 0 aliphatic rings. The summed E-state index contributed by atoms with van der Waals surface area (Å²) in [6.45, 7) is 1.79. The first-order valence-electron chi connectivity index (χ1n) is 7.63. The Kier molecular flexibility index (Phi) is 5.04. The zero-order valence-electron chi connectivity index (χ0n) is 13.3. The minimum Gasteiger partial charge on any atom is -0.332 e. The van der Waals surface area contributed by atoms with E-state index >= 15 is 0 Å². The van der Waals surface area contributed by atoms with Gasteiger partial charge in [0.1, 0.15) is 0 Å². The van der Waals surface area contributed by atoms with E-state index in [0.717, 1.165) is 23.5 Å². The topological polar surface area (TPSA) is 54.0 Å². The van der Waals surface area contributed by atoms with Crippen LogP contribution >= 0.6 is 11.3 Å². The first-order chi connectivity index (χ1) is 12.0. The molecule has 4 nitrogen and oxygen atoms in total. The molecule has 2 N–H and O–H groups in total. The van der Waals surface area contributed by atoms with Crippen LogP contribution in [0.4, 0.5) is 25.3 Å². The number of benzene rings is 2. The van der Waals surface area contributed by atoms with Gasteiger partial charge in [-0.15, -0.1) is 11.3 Å². The number of halogens is 2. The van der Waals surface area contributed by atoms with Crippen LogP contribution in [0.15, 0.2) is 47.8 Å². The third kappa shape index (κ3) is 4.19. The SMILES string of the molecule is CCC(=O)Nc1ccc(Nc2nc(-c3ccc(F)c(F)c3)cs2)cc1. The predicted octanol–water partition coefficient (Wildman–Crippen LogP) is 5.18. The molecule has 0 unspecified atom stereocenters. The van der Waals surface area contributed by atoms with Crippen LogP contribution in [0.3, 0.4) is 0 Å². The molecular weight excluding hydrogens is 344 g/mol. The fraction of sp³-hybridized carbons (Fsp3) is 0.111. The molecule has 0 aliphatic carbocycles. The van der Waals surface area contributed by atoms with Crippen molar-refractivity contribution in [2.24, 2.45) is 0 Å². The second kappa shape index (κ2) is 7.40. The van der Waals surface area contributed by atoms with Gasteiger partial charge in [0.2, 0.25) is 5.91 Å². The molecule has 0 atom stereocenters. The molecule has 1 aromatic heterocycles. The van der Waals surface area contributed by atoms with E-state index in [2.05, 4.69) is 15.6 Å². The third-order valence-electron chi connectivity index (χ3n) is 3.46. The van der Waals surface area contributed by atoms with Crippen LogP contribution in [-0.2, 0) is 4.79 Å². The van der Waals surface area contributed by atoms with E-state index in [9.17, 15) is 13.6 Å². The van der Waals surface area contributed by atoms with Gasteiger partial charge in [0.25, 0.3) is 0 Å². The number of hydrogen-bond donors (Lipinski definition) is 2. The van der Waals surface area contributed by atoms with Crippen molar-refractivity contribution in [3.8, 4) is 11.3 Å². The third-order valence-corrected chi connectivity index (χ3v) is 4.22. The van der Waals surface area contributed by atoms with Crippen LogP contribution < -0.4 is 10.6 Å². The van der Waals surface area contributed by atoms with E-state index in [1.165, 1.54) is 17.4 Å². The fourth-order valence-electron chi connectivity index (χ4n) is 2.13. The van der Waals surface area contributed by atoms with Crippen molar-refractivity contribution < 1.29 is 13.6 Å². The van der Waals surface area contributed by atoms with E-state index in [-0.39, 0.29) is 5.91 Å². The molecule has 0 bridgehead atoms. The van der Waals surface area contributed by atoms with E-state index in [1.54, 1.807) is 24.4 Å². The minimum atomic E-state index is -0.898. The monoisotopic (exact) mass is 359 g/mol. The Morgan fingerprint density at radius 1 is 1.08 bits per heavy atom. The van der Waals surface area contributed by atoms with Gasteiger partial charge < -0.3 is 10.6 Å². The lowest BCUT2D eigenvalue weighted by atomic mass is 10.2. The molecule has 0 radical (unpaired) electrons. The Morgan fingerprint density at radius 3 is 2.48 bits per heavy atom. The highest BCUT2D eigenvalue weighted by Crippen LogP contribution is 2.28. The molecule has 0 saturated heterocycles. The van der Waals surface area contributed by atoms with Gasteiger partial charge in [-0.25, -0.2) is 13.8 Å². The molecule has 0 saturated carbocycles. The zero-order valence-corrected chi connectivity index (χ0v) is 14.2. The molecule has 0 spiro atoms. The molecule has 0 fully saturated rings. The highest BCUT2D eigenvalue weighted by Gasteiger charge is 2.08. The number of carbonyl (C=O) groups excluding carboxylic acids is 1. The largest absolute Gasteiger partial charge is 0.332 e. The van der Waals surface area contributed by atoms with Crippen molar-refractivity contribution in [3.05, 3.63) is 59.5 Å². The number of nitrogens with one attached hydrogen (secondary N) is 2. The number of carbonyl (C=O) groups is 1. The van der Waals surface area contributed by atoms with Gasteiger partial charge in [0.05, 0.1) is 5.69 Å². The summed E-state index contributed by atoms with van der Waals surface area (Å²) in [6, 6.07) is 10.9. The summed E-state index contributed by atoms with van der Waals surface area (Å²) in [4.78, 5) is 15.7. The number of rotatable bonds is 5. The Morgan fingerprint density at radius 2 is 1.80 bits per heavy atom. The van der Waals surface area contributed by atoms with E-state index in [0.29, 0.717) is 22.8 Å². The van der Waals surface area contributed by atoms with Crippen molar-refractivity contribution in [3.63, 3.8) is 0 Å². The highest BCUT2D eigenvalue weighted by atomic mass is 32.1. The van der Waals surface area contributed by atoms with Crippen LogP contribution in [0.2, 0.25) is 0 Å². The van der Waals surface area contributed by atoms with Gasteiger partial charge in [-0.1, -0.05) is 6.92 Å². The van der Waals surface area contributed by atoms with Gasteiger partial charge in [0.15, 0.2) is 16.8 Å². The standard InChI is InChI=1S/C18H15F2N3OS/c1-2-17(24)21-12-4-6-13(7-5-12)22-18-23-16(10-25-18)11-3-8-14(19)15(20)9-11/h3-10H,2H2,1H3,(H,21,24)(H,22,23). The summed E-state index contributed by atoms with van der Waals surface area (Å²) in [5.41, 5.74) is 2.61. The lowest BCUT2D eigenvalue weighted by Gasteiger charge is -2.06. The molecular formula is C18H15F2N3OS. The average molecular weight is 359 g/mol. The van der Waals surface area contributed by atoms with Crippen LogP contribution in [0.1, 0.15) is 13.3 Å². The van der Waals surface area contributed by atoms with Gasteiger partial charge in [-0.2, -0.15) is 0 Å². The number of anilines is 3. The van der Waals surface area contributed by atoms with Crippen LogP contribution in [-0.4, -0.2) is 10.9 Å². The average Bonchev–Trinajstić information content (AvgIpc) is 3.07. The van der Waals surface area contributed by atoms with E-state index in [4.69, 9.17) is 0 Å². The number of amides is 1. The number of hydrogen-bond acceptors (Lipinski definition) is 4. The van der Waals surface area contributed by atoms with Crippen LogP contribution in [0.25, 0.3) is 11.3 Å². The summed E-state index contributed by atoms with van der Waals surface area (Å²) in [6.07, 6.45) is 0.422. The molecule has 1 amide bonds. The van der Waals surface area contributed by atoms with E-state index < -0.39 is 11.6 Å². The normalized spacial score (nSPS) is 10.5. The van der Waals surface area contributed by atoms with Crippen molar-refractivity contribution >= 4 is 33.8 Å². The minimum absolute atomic E-state index is 0.0446. The second-order valence-corrected chi connectivity index (χ2v) is 6.13. The Hall–Kier alpha value is -2.80. The summed E-state index contributed by atoms with van der Waals surface area (Å²) < 4.78 is 26.3. The first-order valence-corrected chi connectivity index (χ1v) is 8.51. The maximum atomic E-state index is 13.3. The molecule has 2 aromatic carbocycles. The quantitative estimate of drug-likeness (QED) is 0.660. The van der Waals surface area contributed by atoms with Gasteiger partial charge >= 0.3 is 0 Å². The van der Waals surface area contributed by atoms with Crippen LogP contribution in [0.5, 0.6) is 0 Å². The first kappa shape index (κ1) is 17.0. The second-order valence-electron chi connectivity index (χ2n) is 5.27. The summed E-state index contributed by atoms with van der Waals surface area (Å²) in [7, 11) is 0. The van der Waals surface area contributed by atoms with Gasteiger partial charge in [0, 0.05) is 28.7 Å². The fourth-order valence-corrected chi connectivity index (χ4v) is 2.87. The van der Waals surface area contributed by atoms with Crippen LogP contribution in [0, 0.1) is 11.6 Å². The molecule has 0 aliphatic heterocycles. The predicted molar refractivity (Wildman–Crippen MR) is 96.1 cm³/mol. The van der Waals surface area contributed by atoms with Crippen molar-refractivity contribution in [2.45, 2.75) is 13.3 Å². The molecule has 3 aromatic rings. The van der Waals surface area contributed by atoms with Gasteiger partial charge in [-0.05, 0) is 42.5 Å². The smallest absolute Gasteiger partial charge is 0.224 e. The maximum absolute atomic E-state index is 13.3. The maximum Gasteiger partial charge on any atom is 0.224 e. The number of thiazole rings is 1. The number of aromatic nitrogens is 1. The summed E-state index contributed by atoms with van der Waals surface area (Å²) >= 11 is 1.36. The summed E-state index contributed by atoms with van der Waals surface area (Å²) in [5.74, 6) is -1.82. The Labute approximate surface area is 147 Å². The number of nitrogens with zero attached hydrogens (tertiary/aromatic N) is 1. The molecule has 3 rings (SSSR count). The Balaban J connectivity index is 1.70. The Bertz CT molecular complexity index is 894. The van der Waals surface area contributed by atoms with Crippen molar-refractivity contribution in [1.29, 1.82) is 0 Å². The zero-order chi connectivity index (χ0) is 17.8. The lowest BCUT2D eigenvalue weighted by Crippen LogP contribution is -2.09. The molecule has 128 valence electrons. The highest BCUT2D eigenvalue weighted by molar-refractivity contribution is 7.14. The summed E-state index contributed by atoms with van der Waals surface area (Å²) in [5, 5.41) is 8.31. The van der Waals surface area contributed by atoms with Crippen molar-refractivity contribution in [2.75, 3.05) is 10.6 Å². The lowest BCUT2D eigenvalue weighted by molar-refractivity contribution is -0.115. The molecule has 7 heteroatoms. The molecule has 1 heterocycles. The van der Waals surface area contributed by atoms with Crippen molar-refractivity contribution in [1.82, 2.24) is 4.98 Å². The van der Waals surface area contributed by atoms with E-state index in [1.807, 2.05) is 12.1 Å².